The highest BCUT2D eigenvalue weighted by atomic mass is 16.5. The van der Waals surface area contributed by atoms with Crippen molar-refractivity contribution in [2.75, 3.05) is 38.2 Å². The molecule has 0 aliphatic carbocycles. The fourth-order valence-corrected chi connectivity index (χ4v) is 2.61. The molecule has 1 aliphatic heterocycles. The quantitative estimate of drug-likeness (QED) is 0.836. The van der Waals surface area contributed by atoms with Gasteiger partial charge in [-0.2, -0.15) is 5.10 Å². The van der Waals surface area contributed by atoms with Crippen molar-refractivity contribution in [2.45, 2.75) is 39.3 Å². The number of hydrogen-bond acceptors (Lipinski definition) is 4. The number of hydrogen-bond donors (Lipinski definition) is 2. The molecule has 2 heterocycles. The lowest BCUT2D eigenvalue weighted by Gasteiger charge is -2.43. The van der Waals surface area contributed by atoms with Gasteiger partial charge < -0.3 is 15.4 Å². The van der Waals surface area contributed by atoms with E-state index in [1.165, 1.54) is 0 Å². The van der Waals surface area contributed by atoms with E-state index in [0.29, 0.717) is 12.2 Å². The van der Waals surface area contributed by atoms with Crippen LogP contribution in [0.3, 0.4) is 0 Å². The number of urea groups is 1. The first-order valence-corrected chi connectivity index (χ1v) is 7.97. The Labute approximate surface area is 132 Å². The predicted octanol–water partition coefficient (Wildman–Crippen LogP) is 1.53. The molecule has 1 atom stereocenters. The average Bonchev–Trinajstić information content (AvgIpc) is 3.01. The molecule has 2 N–H and O–H groups in total. The highest BCUT2D eigenvalue weighted by Gasteiger charge is 2.31. The van der Waals surface area contributed by atoms with Gasteiger partial charge in [0.05, 0.1) is 25.1 Å². The number of aryl methyl sites for hydroxylation is 1. The smallest absolute Gasteiger partial charge is 0.319 e. The maximum absolute atomic E-state index is 12.1. The Kier molecular flexibility index (Phi) is 5.79. The van der Waals surface area contributed by atoms with Gasteiger partial charge in [0.25, 0.3) is 0 Å². The van der Waals surface area contributed by atoms with Gasteiger partial charge in [0, 0.05) is 37.9 Å². The molecule has 7 nitrogen and oxygen atoms in total. The van der Waals surface area contributed by atoms with E-state index < -0.39 is 0 Å². The summed E-state index contributed by atoms with van der Waals surface area (Å²) < 4.78 is 7.18. The van der Waals surface area contributed by atoms with Crippen LogP contribution in [0.4, 0.5) is 10.5 Å². The molecular formula is C15H27N5O2. The van der Waals surface area contributed by atoms with E-state index in [1.54, 1.807) is 10.9 Å². The van der Waals surface area contributed by atoms with Crippen molar-refractivity contribution in [3.8, 4) is 0 Å². The van der Waals surface area contributed by atoms with Crippen LogP contribution in [-0.4, -0.2) is 59.1 Å². The Bertz CT molecular complexity index is 484. The summed E-state index contributed by atoms with van der Waals surface area (Å²) in [6, 6.07) is -0.191. The molecule has 124 valence electrons. The molecule has 1 aromatic rings. The number of morpholine rings is 1. The summed E-state index contributed by atoms with van der Waals surface area (Å²) in [5.74, 6) is 0. The van der Waals surface area contributed by atoms with Gasteiger partial charge in [0.2, 0.25) is 0 Å². The maximum Gasteiger partial charge on any atom is 0.319 e. The summed E-state index contributed by atoms with van der Waals surface area (Å²) in [5, 5.41) is 9.94. The first kappa shape index (κ1) is 16.8. The second-order valence-electron chi connectivity index (χ2n) is 5.84. The van der Waals surface area contributed by atoms with Crippen LogP contribution in [0.25, 0.3) is 0 Å². The lowest BCUT2D eigenvalue weighted by atomic mass is 9.95. The molecule has 0 spiro atoms. The van der Waals surface area contributed by atoms with E-state index in [2.05, 4.69) is 34.5 Å². The van der Waals surface area contributed by atoms with Crippen LogP contribution in [0.15, 0.2) is 12.4 Å². The molecule has 2 rings (SSSR count). The zero-order valence-electron chi connectivity index (χ0n) is 13.8. The Hall–Kier alpha value is -1.60. The Morgan fingerprint density at radius 2 is 2.14 bits per heavy atom. The highest BCUT2D eigenvalue weighted by Crippen LogP contribution is 2.20. The molecular weight excluding hydrogens is 282 g/mol. The number of anilines is 1. The second kappa shape index (κ2) is 7.60. The Morgan fingerprint density at radius 3 is 2.73 bits per heavy atom. The molecule has 7 heteroatoms. The standard InChI is InChI=1S/C15H27N5O2/c1-4-15(3,19-6-8-22-9-7-19)12-16-14(21)18-13-10-17-20(5-2)11-13/h10-11H,4-9,12H2,1-3H3,(H2,16,18,21)/t15-/m1/s1. The van der Waals surface area contributed by atoms with E-state index >= 15 is 0 Å². The van der Waals surface area contributed by atoms with Crippen LogP contribution in [0, 0.1) is 0 Å². The van der Waals surface area contributed by atoms with Gasteiger partial charge in [0.15, 0.2) is 0 Å². The van der Waals surface area contributed by atoms with E-state index in [9.17, 15) is 4.79 Å². The zero-order chi connectivity index (χ0) is 16.0. The van der Waals surface area contributed by atoms with Crippen LogP contribution in [0.5, 0.6) is 0 Å². The predicted molar refractivity (Wildman–Crippen MR) is 86.0 cm³/mol. The largest absolute Gasteiger partial charge is 0.379 e. The zero-order valence-corrected chi connectivity index (χ0v) is 13.8. The minimum absolute atomic E-state index is 0.0469. The third-order valence-corrected chi connectivity index (χ3v) is 4.38. The van der Waals surface area contributed by atoms with Crippen LogP contribution in [0.2, 0.25) is 0 Å². The van der Waals surface area contributed by atoms with Crippen molar-refractivity contribution < 1.29 is 9.53 Å². The Morgan fingerprint density at radius 1 is 1.41 bits per heavy atom. The van der Waals surface area contributed by atoms with Gasteiger partial charge in [0.1, 0.15) is 0 Å². The van der Waals surface area contributed by atoms with Crippen LogP contribution >= 0.6 is 0 Å². The highest BCUT2D eigenvalue weighted by molar-refractivity contribution is 5.88. The molecule has 0 saturated carbocycles. The molecule has 0 bridgehead atoms. The van der Waals surface area contributed by atoms with Gasteiger partial charge >= 0.3 is 6.03 Å². The van der Waals surface area contributed by atoms with Crippen LogP contribution < -0.4 is 10.6 Å². The lowest BCUT2D eigenvalue weighted by molar-refractivity contribution is -0.0163. The first-order valence-electron chi connectivity index (χ1n) is 7.97. The van der Waals surface area contributed by atoms with Gasteiger partial charge in [-0.05, 0) is 20.3 Å². The number of rotatable bonds is 6. The number of amides is 2. The number of ether oxygens (including phenoxy) is 1. The summed E-state index contributed by atoms with van der Waals surface area (Å²) >= 11 is 0. The van der Waals surface area contributed by atoms with Crippen LogP contribution in [0.1, 0.15) is 27.2 Å². The summed E-state index contributed by atoms with van der Waals surface area (Å²) in [4.78, 5) is 14.4. The fraction of sp³-hybridized carbons (Fsp3) is 0.733. The minimum atomic E-state index is -0.191. The second-order valence-corrected chi connectivity index (χ2v) is 5.84. The Balaban J connectivity index is 1.84. The van der Waals surface area contributed by atoms with Crippen molar-refractivity contribution in [2.24, 2.45) is 0 Å². The lowest BCUT2D eigenvalue weighted by Crippen LogP contribution is -2.57. The van der Waals surface area contributed by atoms with Crippen molar-refractivity contribution in [3.63, 3.8) is 0 Å². The van der Waals surface area contributed by atoms with E-state index in [-0.39, 0.29) is 11.6 Å². The van der Waals surface area contributed by atoms with Gasteiger partial charge in [-0.15, -0.1) is 0 Å². The normalized spacial score (nSPS) is 18.7. The number of carbonyl (C=O) groups excluding carboxylic acids is 1. The molecule has 2 amide bonds. The summed E-state index contributed by atoms with van der Waals surface area (Å²) in [6.45, 7) is 11.1. The molecule has 0 unspecified atom stereocenters. The van der Waals surface area contributed by atoms with Crippen molar-refractivity contribution >= 4 is 11.7 Å². The number of nitrogens with one attached hydrogen (secondary N) is 2. The number of carbonyl (C=O) groups is 1. The maximum atomic E-state index is 12.1. The molecule has 1 fully saturated rings. The van der Waals surface area contributed by atoms with Crippen LogP contribution in [-0.2, 0) is 11.3 Å². The van der Waals surface area contributed by atoms with Gasteiger partial charge in [-0.1, -0.05) is 6.92 Å². The van der Waals surface area contributed by atoms with E-state index in [1.807, 2.05) is 13.1 Å². The molecule has 1 aromatic heterocycles. The SMILES string of the molecule is CCn1cc(NC(=O)NC[C@@](C)(CC)N2CCOCC2)cn1. The molecule has 1 aliphatic rings. The summed E-state index contributed by atoms with van der Waals surface area (Å²) in [6.07, 6.45) is 4.45. The summed E-state index contributed by atoms with van der Waals surface area (Å²) in [7, 11) is 0. The third kappa shape index (κ3) is 4.20. The minimum Gasteiger partial charge on any atom is -0.379 e. The van der Waals surface area contributed by atoms with E-state index in [0.717, 1.165) is 39.3 Å². The fourth-order valence-electron chi connectivity index (χ4n) is 2.61. The van der Waals surface area contributed by atoms with Gasteiger partial charge in [-0.25, -0.2) is 4.79 Å². The molecule has 22 heavy (non-hydrogen) atoms. The van der Waals surface area contributed by atoms with E-state index in [4.69, 9.17) is 4.74 Å². The van der Waals surface area contributed by atoms with Gasteiger partial charge in [-0.3, -0.25) is 9.58 Å². The summed E-state index contributed by atoms with van der Waals surface area (Å²) in [5.41, 5.74) is 0.665. The van der Waals surface area contributed by atoms with Crippen molar-refractivity contribution in [1.29, 1.82) is 0 Å². The molecule has 0 radical (unpaired) electrons. The van der Waals surface area contributed by atoms with Crippen molar-refractivity contribution in [1.82, 2.24) is 20.0 Å². The molecule has 1 saturated heterocycles. The first-order chi connectivity index (χ1) is 10.6. The molecule has 0 aromatic carbocycles. The van der Waals surface area contributed by atoms with Crippen molar-refractivity contribution in [3.05, 3.63) is 12.4 Å². The number of nitrogens with zero attached hydrogens (tertiary/aromatic N) is 3. The topological polar surface area (TPSA) is 71.4 Å². The average molecular weight is 309 g/mol. The third-order valence-electron chi connectivity index (χ3n) is 4.38. The monoisotopic (exact) mass is 309 g/mol. The number of aromatic nitrogens is 2.